The van der Waals surface area contributed by atoms with E-state index in [0.29, 0.717) is 13.1 Å². The predicted molar refractivity (Wildman–Crippen MR) is 92.9 cm³/mol. The SMILES string of the molecule is CCNC(=NCCc1ccco1)N(C)Cc1ccc(OC(F)F)cc1. The van der Waals surface area contributed by atoms with E-state index >= 15 is 0 Å². The number of nitrogens with one attached hydrogen (secondary N) is 1. The molecule has 25 heavy (non-hydrogen) atoms. The summed E-state index contributed by atoms with van der Waals surface area (Å²) in [4.78, 5) is 6.57. The minimum atomic E-state index is -2.81. The fraction of sp³-hybridized carbons (Fsp3) is 0.389. The third-order valence-corrected chi connectivity index (χ3v) is 3.46. The summed E-state index contributed by atoms with van der Waals surface area (Å²) < 4.78 is 34.0. The summed E-state index contributed by atoms with van der Waals surface area (Å²) in [6.07, 6.45) is 2.38. The number of nitrogens with zero attached hydrogens (tertiary/aromatic N) is 2. The van der Waals surface area contributed by atoms with Crippen LogP contribution in [0, 0.1) is 0 Å². The Kier molecular flexibility index (Phi) is 7.25. The van der Waals surface area contributed by atoms with Gasteiger partial charge in [-0.05, 0) is 36.8 Å². The minimum Gasteiger partial charge on any atom is -0.469 e. The maximum Gasteiger partial charge on any atom is 0.387 e. The Morgan fingerprint density at radius 3 is 2.64 bits per heavy atom. The van der Waals surface area contributed by atoms with E-state index in [1.807, 2.05) is 31.0 Å². The Morgan fingerprint density at radius 1 is 1.28 bits per heavy atom. The lowest BCUT2D eigenvalue weighted by Gasteiger charge is -2.22. The number of guanidine groups is 1. The van der Waals surface area contributed by atoms with E-state index in [1.54, 1.807) is 18.4 Å². The zero-order chi connectivity index (χ0) is 18.1. The van der Waals surface area contributed by atoms with Crippen molar-refractivity contribution in [1.29, 1.82) is 0 Å². The molecule has 0 fully saturated rings. The molecule has 7 heteroatoms. The third-order valence-electron chi connectivity index (χ3n) is 3.46. The van der Waals surface area contributed by atoms with E-state index in [4.69, 9.17) is 4.42 Å². The largest absolute Gasteiger partial charge is 0.469 e. The van der Waals surface area contributed by atoms with Gasteiger partial charge >= 0.3 is 6.61 Å². The molecule has 0 amide bonds. The summed E-state index contributed by atoms with van der Waals surface area (Å²) >= 11 is 0. The van der Waals surface area contributed by atoms with Gasteiger partial charge < -0.3 is 19.4 Å². The molecule has 0 aliphatic heterocycles. The first-order valence-electron chi connectivity index (χ1n) is 8.14. The molecule has 0 spiro atoms. The van der Waals surface area contributed by atoms with Gasteiger partial charge in [-0.1, -0.05) is 12.1 Å². The molecule has 2 rings (SSSR count). The van der Waals surface area contributed by atoms with Crippen LogP contribution in [0.1, 0.15) is 18.2 Å². The summed E-state index contributed by atoms with van der Waals surface area (Å²) in [6, 6.07) is 10.4. The molecule has 136 valence electrons. The van der Waals surface area contributed by atoms with Crippen molar-refractivity contribution >= 4 is 5.96 Å². The Bertz CT molecular complexity index is 643. The average Bonchev–Trinajstić information content (AvgIpc) is 3.09. The molecule has 0 saturated heterocycles. The molecule has 0 bridgehead atoms. The maximum atomic E-state index is 12.2. The van der Waals surface area contributed by atoms with Crippen molar-refractivity contribution in [1.82, 2.24) is 10.2 Å². The Morgan fingerprint density at radius 2 is 2.04 bits per heavy atom. The Labute approximate surface area is 146 Å². The van der Waals surface area contributed by atoms with Gasteiger partial charge in [0.05, 0.1) is 6.26 Å². The smallest absolute Gasteiger partial charge is 0.387 e. The fourth-order valence-electron chi connectivity index (χ4n) is 2.32. The van der Waals surface area contributed by atoms with E-state index in [0.717, 1.165) is 30.2 Å². The second-order valence-electron chi connectivity index (χ2n) is 5.44. The van der Waals surface area contributed by atoms with Crippen molar-refractivity contribution < 1.29 is 17.9 Å². The molecule has 1 aromatic carbocycles. The average molecular weight is 351 g/mol. The number of furan rings is 1. The van der Waals surface area contributed by atoms with E-state index in [1.165, 1.54) is 12.1 Å². The van der Waals surface area contributed by atoms with Gasteiger partial charge in [0.15, 0.2) is 5.96 Å². The van der Waals surface area contributed by atoms with Crippen molar-refractivity contribution in [2.75, 3.05) is 20.1 Å². The van der Waals surface area contributed by atoms with E-state index in [2.05, 4.69) is 15.0 Å². The number of hydrogen-bond acceptors (Lipinski definition) is 3. The second-order valence-corrected chi connectivity index (χ2v) is 5.44. The molecule has 1 aromatic heterocycles. The molecular weight excluding hydrogens is 328 g/mol. The first kappa shape index (κ1) is 18.8. The van der Waals surface area contributed by atoms with E-state index in [9.17, 15) is 8.78 Å². The fourth-order valence-corrected chi connectivity index (χ4v) is 2.32. The molecule has 1 N–H and O–H groups in total. The highest BCUT2D eigenvalue weighted by Crippen LogP contribution is 2.15. The molecule has 0 radical (unpaired) electrons. The summed E-state index contributed by atoms with van der Waals surface area (Å²) in [7, 11) is 1.93. The monoisotopic (exact) mass is 351 g/mol. The van der Waals surface area contributed by atoms with Crippen molar-refractivity contribution in [2.24, 2.45) is 4.99 Å². The zero-order valence-electron chi connectivity index (χ0n) is 14.4. The van der Waals surface area contributed by atoms with Crippen LogP contribution < -0.4 is 10.1 Å². The molecule has 0 aliphatic carbocycles. The first-order valence-corrected chi connectivity index (χ1v) is 8.14. The van der Waals surface area contributed by atoms with Crippen LogP contribution in [0.25, 0.3) is 0 Å². The number of halogens is 2. The van der Waals surface area contributed by atoms with Crippen molar-refractivity contribution in [3.8, 4) is 5.75 Å². The summed E-state index contributed by atoms with van der Waals surface area (Å²) in [6.45, 7) is 1.16. The van der Waals surface area contributed by atoms with Gasteiger partial charge in [-0.3, -0.25) is 4.99 Å². The highest BCUT2D eigenvalue weighted by atomic mass is 19.3. The van der Waals surface area contributed by atoms with Gasteiger partial charge in [0.1, 0.15) is 11.5 Å². The second kappa shape index (κ2) is 9.66. The highest BCUT2D eigenvalue weighted by Gasteiger charge is 2.08. The number of benzene rings is 1. The quantitative estimate of drug-likeness (QED) is 0.584. The first-order chi connectivity index (χ1) is 12.1. The summed E-state index contributed by atoms with van der Waals surface area (Å²) in [5.41, 5.74) is 0.973. The van der Waals surface area contributed by atoms with Gasteiger partial charge in [-0.25, -0.2) is 0 Å². The Balaban J connectivity index is 1.93. The molecule has 0 atom stereocenters. The van der Waals surface area contributed by atoms with Gasteiger partial charge in [-0.15, -0.1) is 0 Å². The van der Waals surface area contributed by atoms with Gasteiger partial charge in [0.2, 0.25) is 0 Å². The van der Waals surface area contributed by atoms with Crippen molar-refractivity contribution in [3.63, 3.8) is 0 Å². The van der Waals surface area contributed by atoms with Crippen molar-refractivity contribution in [2.45, 2.75) is 26.5 Å². The third kappa shape index (κ3) is 6.45. The van der Waals surface area contributed by atoms with Crippen molar-refractivity contribution in [3.05, 3.63) is 54.0 Å². The van der Waals surface area contributed by atoms with Crippen LogP contribution in [0.4, 0.5) is 8.78 Å². The van der Waals surface area contributed by atoms with Crippen LogP contribution in [0.3, 0.4) is 0 Å². The molecule has 2 aromatic rings. The number of hydrogen-bond donors (Lipinski definition) is 1. The maximum absolute atomic E-state index is 12.2. The van der Waals surface area contributed by atoms with E-state index < -0.39 is 6.61 Å². The highest BCUT2D eigenvalue weighted by molar-refractivity contribution is 5.79. The topological polar surface area (TPSA) is 50.0 Å². The predicted octanol–water partition coefficient (Wildman–Crippen LogP) is 3.52. The van der Waals surface area contributed by atoms with Crippen LogP contribution in [0.15, 0.2) is 52.1 Å². The molecule has 1 heterocycles. The lowest BCUT2D eigenvalue weighted by molar-refractivity contribution is -0.0498. The number of aliphatic imine (C=N–C) groups is 1. The Hall–Kier alpha value is -2.57. The van der Waals surface area contributed by atoms with Gasteiger partial charge in [0.25, 0.3) is 0 Å². The minimum absolute atomic E-state index is 0.153. The lowest BCUT2D eigenvalue weighted by Crippen LogP contribution is -2.38. The molecule has 0 saturated carbocycles. The molecule has 0 unspecified atom stereocenters. The van der Waals surface area contributed by atoms with Crippen LogP contribution >= 0.6 is 0 Å². The summed E-state index contributed by atoms with van der Waals surface area (Å²) in [5.74, 6) is 1.83. The van der Waals surface area contributed by atoms with Crippen LogP contribution in [-0.2, 0) is 13.0 Å². The zero-order valence-corrected chi connectivity index (χ0v) is 14.4. The normalized spacial score (nSPS) is 11.6. The van der Waals surface area contributed by atoms with E-state index in [-0.39, 0.29) is 5.75 Å². The lowest BCUT2D eigenvalue weighted by atomic mass is 10.2. The van der Waals surface area contributed by atoms with Crippen LogP contribution in [0.2, 0.25) is 0 Å². The van der Waals surface area contributed by atoms with Crippen LogP contribution in [-0.4, -0.2) is 37.6 Å². The molecular formula is C18H23F2N3O2. The molecule has 0 aliphatic rings. The van der Waals surface area contributed by atoms with Gasteiger partial charge in [0, 0.05) is 33.1 Å². The van der Waals surface area contributed by atoms with Gasteiger partial charge in [-0.2, -0.15) is 8.78 Å². The number of rotatable bonds is 8. The van der Waals surface area contributed by atoms with Crippen LogP contribution in [0.5, 0.6) is 5.75 Å². The molecule has 5 nitrogen and oxygen atoms in total. The number of alkyl halides is 2. The standard InChI is InChI=1S/C18H23F2N3O2/c1-3-21-18(22-11-10-15-5-4-12-24-15)23(2)13-14-6-8-16(9-7-14)25-17(19)20/h4-9,12,17H,3,10-11,13H2,1-2H3,(H,21,22). The number of ether oxygens (including phenoxy) is 1. The summed E-state index contributed by atoms with van der Waals surface area (Å²) in [5, 5.41) is 3.24.